The number of fused-ring (bicyclic) bond motifs is 4. The predicted molar refractivity (Wildman–Crippen MR) is 105 cm³/mol. The molecule has 4 N–H and O–H groups in total. The highest BCUT2D eigenvalue weighted by Gasteiger charge is 2.60. The van der Waals surface area contributed by atoms with E-state index in [9.17, 15) is 9.59 Å². The number of nitrogens with two attached hydrogens (primary N) is 1. The number of benzene rings is 1. The number of unbranched alkanes of at least 4 members (excludes halogenated alkanes) is 1. The zero-order valence-electron chi connectivity index (χ0n) is 15.4. The van der Waals surface area contributed by atoms with Crippen molar-refractivity contribution in [2.45, 2.75) is 32.1 Å². The molecule has 0 saturated heterocycles. The maximum Gasteiger partial charge on any atom is 0.341 e. The summed E-state index contributed by atoms with van der Waals surface area (Å²) in [6.45, 7) is 3.99. The lowest BCUT2D eigenvalue weighted by molar-refractivity contribution is -0.141. The van der Waals surface area contributed by atoms with E-state index in [-0.39, 0.29) is 23.9 Å². The van der Waals surface area contributed by atoms with E-state index in [1.807, 2.05) is 13.0 Å². The minimum absolute atomic E-state index is 0.0325. The fraction of sp³-hybridized carbons (Fsp3) is 0.316. The lowest BCUT2D eigenvalue weighted by atomic mass is 9.68. The van der Waals surface area contributed by atoms with E-state index < -0.39 is 17.3 Å². The zero-order chi connectivity index (χ0) is 20.1. The van der Waals surface area contributed by atoms with Crippen LogP contribution in [0.15, 0.2) is 34.1 Å². The number of carbonyl (C=O) groups is 2. The quantitative estimate of drug-likeness (QED) is 0.490. The monoisotopic (exact) mass is 446 g/mol. The number of esters is 1. The van der Waals surface area contributed by atoms with Crippen LogP contribution in [0.25, 0.3) is 0 Å². The zero-order valence-corrected chi connectivity index (χ0v) is 17.0. The molecule has 0 radical (unpaired) electrons. The molecule has 9 heteroatoms. The van der Waals surface area contributed by atoms with Gasteiger partial charge in [-0.05, 0) is 31.5 Å². The van der Waals surface area contributed by atoms with Crippen LogP contribution in [-0.2, 0) is 19.7 Å². The highest BCUT2D eigenvalue weighted by Crippen LogP contribution is 2.54. The van der Waals surface area contributed by atoms with E-state index in [0.29, 0.717) is 28.9 Å². The molecule has 3 heterocycles. The van der Waals surface area contributed by atoms with Crippen LogP contribution in [0.3, 0.4) is 0 Å². The second-order valence-corrected chi connectivity index (χ2v) is 7.67. The Labute approximate surface area is 169 Å². The minimum atomic E-state index is -1.50. The third-order valence-electron chi connectivity index (χ3n) is 5.03. The Morgan fingerprint density at radius 3 is 2.96 bits per heavy atom. The average molecular weight is 447 g/mol. The SMILES string of the molecule is CCCCOC(=O)C1=C(N)Oc2n[nH]c(C)c2[C@@]12C(=O)Nc1ccc(Br)cc12. The van der Waals surface area contributed by atoms with Crippen LogP contribution in [0.4, 0.5) is 5.69 Å². The third kappa shape index (κ3) is 2.46. The summed E-state index contributed by atoms with van der Waals surface area (Å²) in [7, 11) is 0. The number of rotatable bonds is 4. The Morgan fingerprint density at radius 2 is 2.21 bits per heavy atom. The second-order valence-electron chi connectivity index (χ2n) is 6.75. The Hall–Kier alpha value is -2.81. The summed E-state index contributed by atoms with van der Waals surface area (Å²) in [4.78, 5) is 26.5. The molecule has 2 aliphatic heterocycles. The van der Waals surface area contributed by atoms with Crippen molar-refractivity contribution in [3.63, 3.8) is 0 Å². The molecule has 0 aliphatic carbocycles. The molecule has 0 fully saturated rings. The third-order valence-corrected chi connectivity index (χ3v) is 5.52. The van der Waals surface area contributed by atoms with Gasteiger partial charge in [0.25, 0.3) is 0 Å². The maximum atomic E-state index is 13.4. The van der Waals surface area contributed by atoms with Gasteiger partial charge in [-0.3, -0.25) is 9.89 Å². The first-order valence-electron chi connectivity index (χ1n) is 8.93. The van der Waals surface area contributed by atoms with Crippen molar-refractivity contribution in [1.29, 1.82) is 0 Å². The molecular weight excluding hydrogens is 428 g/mol. The summed E-state index contributed by atoms with van der Waals surface area (Å²) in [6, 6.07) is 5.38. The molecule has 28 heavy (non-hydrogen) atoms. The molecular formula is C19H19BrN4O4. The molecule has 1 atom stereocenters. The number of carbonyl (C=O) groups excluding carboxylic acids is 2. The summed E-state index contributed by atoms with van der Waals surface area (Å²) in [6.07, 6.45) is 1.57. The van der Waals surface area contributed by atoms with E-state index in [1.165, 1.54) is 0 Å². The van der Waals surface area contributed by atoms with Gasteiger partial charge in [0.2, 0.25) is 17.7 Å². The van der Waals surface area contributed by atoms with Crippen molar-refractivity contribution in [2.24, 2.45) is 5.73 Å². The second kappa shape index (κ2) is 6.66. The molecule has 0 bridgehead atoms. The van der Waals surface area contributed by atoms with Gasteiger partial charge in [-0.2, -0.15) is 0 Å². The van der Waals surface area contributed by atoms with E-state index in [2.05, 4.69) is 31.4 Å². The number of aromatic nitrogens is 2. The van der Waals surface area contributed by atoms with Gasteiger partial charge >= 0.3 is 5.97 Å². The number of hydrogen-bond donors (Lipinski definition) is 3. The van der Waals surface area contributed by atoms with E-state index in [0.717, 1.165) is 10.9 Å². The van der Waals surface area contributed by atoms with Crippen LogP contribution < -0.4 is 15.8 Å². The molecule has 0 unspecified atom stereocenters. The molecule has 1 aromatic carbocycles. The number of amides is 1. The predicted octanol–water partition coefficient (Wildman–Crippen LogP) is 2.62. The van der Waals surface area contributed by atoms with Crippen molar-refractivity contribution in [2.75, 3.05) is 11.9 Å². The van der Waals surface area contributed by atoms with Crippen molar-refractivity contribution >= 4 is 33.5 Å². The lowest BCUT2D eigenvalue weighted by Gasteiger charge is -2.33. The Balaban J connectivity index is 1.99. The van der Waals surface area contributed by atoms with Gasteiger partial charge in [-0.1, -0.05) is 29.3 Å². The molecule has 4 rings (SSSR count). The molecule has 146 valence electrons. The van der Waals surface area contributed by atoms with Crippen molar-refractivity contribution < 1.29 is 19.1 Å². The number of nitrogens with zero attached hydrogens (tertiary/aromatic N) is 1. The minimum Gasteiger partial charge on any atom is -0.462 e. The van der Waals surface area contributed by atoms with Crippen molar-refractivity contribution in [3.8, 4) is 5.88 Å². The number of anilines is 1. The fourth-order valence-electron chi connectivity index (χ4n) is 3.79. The van der Waals surface area contributed by atoms with Crippen LogP contribution in [0.2, 0.25) is 0 Å². The molecule has 1 spiro atoms. The van der Waals surface area contributed by atoms with Crippen molar-refractivity contribution in [3.05, 3.63) is 50.9 Å². The summed E-state index contributed by atoms with van der Waals surface area (Å²) in [5.41, 5.74) is 6.83. The Morgan fingerprint density at radius 1 is 1.43 bits per heavy atom. The van der Waals surface area contributed by atoms with Crippen LogP contribution >= 0.6 is 15.9 Å². The fourth-order valence-corrected chi connectivity index (χ4v) is 4.15. The molecule has 2 aromatic rings. The number of aromatic amines is 1. The Kier molecular flexibility index (Phi) is 4.41. The van der Waals surface area contributed by atoms with E-state index in [4.69, 9.17) is 15.2 Å². The standard InChI is InChI=1S/C19H19BrN4O4/c1-3-4-7-27-17(25)14-15(21)28-16-13(9(2)23-24-16)19(14)11-8-10(20)5-6-12(11)22-18(19)26/h5-6,8H,3-4,7,21H2,1-2H3,(H,22,26)(H,23,24)/t19-/m1/s1. The van der Waals surface area contributed by atoms with Gasteiger partial charge in [0.05, 0.1) is 12.2 Å². The van der Waals surface area contributed by atoms with Gasteiger partial charge < -0.3 is 20.5 Å². The number of H-pyrrole nitrogens is 1. The van der Waals surface area contributed by atoms with Crippen LogP contribution in [0.1, 0.15) is 36.6 Å². The normalized spacial score (nSPS) is 19.9. The first kappa shape index (κ1) is 18.5. The highest BCUT2D eigenvalue weighted by molar-refractivity contribution is 9.10. The average Bonchev–Trinajstić information content (AvgIpc) is 3.14. The van der Waals surface area contributed by atoms with Crippen molar-refractivity contribution in [1.82, 2.24) is 10.2 Å². The van der Waals surface area contributed by atoms with Gasteiger partial charge in [0, 0.05) is 21.4 Å². The van der Waals surface area contributed by atoms with E-state index >= 15 is 0 Å². The molecule has 1 amide bonds. The first-order chi connectivity index (χ1) is 13.4. The molecule has 8 nitrogen and oxygen atoms in total. The lowest BCUT2D eigenvalue weighted by Crippen LogP contribution is -2.46. The van der Waals surface area contributed by atoms with Gasteiger partial charge in [0.1, 0.15) is 11.0 Å². The number of hydrogen-bond acceptors (Lipinski definition) is 6. The topological polar surface area (TPSA) is 119 Å². The van der Waals surface area contributed by atoms with Crippen LogP contribution in [0.5, 0.6) is 5.88 Å². The first-order valence-corrected chi connectivity index (χ1v) is 9.72. The van der Waals surface area contributed by atoms with Crippen LogP contribution in [0, 0.1) is 6.92 Å². The molecule has 2 aliphatic rings. The van der Waals surface area contributed by atoms with Crippen LogP contribution in [-0.4, -0.2) is 28.7 Å². The maximum absolute atomic E-state index is 13.4. The summed E-state index contributed by atoms with van der Waals surface area (Å²) < 4.78 is 11.8. The summed E-state index contributed by atoms with van der Waals surface area (Å²) in [5, 5.41) is 9.81. The Bertz CT molecular complexity index is 1030. The number of ether oxygens (including phenoxy) is 2. The number of nitrogens with one attached hydrogen (secondary N) is 2. The molecule has 1 aromatic heterocycles. The smallest absolute Gasteiger partial charge is 0.341 e. The number of aryl methyl sites for hydroxylation is 1. The summed E-state index contributed by atoms with van der Waals surface area (Å²) >= 11 is 3.45. The highest BCUT2D eigenvalue weighted by atomic mass is 79.9. The molecule has 0 saturated carbocycles. The van der Waals surface area contributed by atoms with Gasteiger partial charge in [-0.25, -0.2) is 4.79 Å². The number of halogens is 1. The largest absolute Gasteiger partial charge is 0.462 e. The summed E-state index contributed by atoms with van der Waals surface area (Å²) in [5.74, 6) is -1.10. The van der Waals surface area contributed by atoms with Gasteiger partial charge in [-0.15, -0.1) is 5.10 Å². The van der Waals surface area contributed by atoms with E-state index in [1.54, 1.807) is 19.1 Å². The van der Waals surface area contributed by atoms with Gasteiger partial charge in [0.15, 0.2) is 0 Å².